The Morgan fingerprint density at radius 3 is 2.46 bits per heavy atom. The van der Waals surface area contributed by atoms with E-state index in [4.69, 9.17) is 9.26 Å². The van der Waals surface area contributed by atoms with Crippen LogP contribution in [0.25, 0.3) is 11.3 Å². The van der Waals surface area contributed by atoms with Gasteiger partial charge in [-0.1, -0.05) is 41.9 Å². The number of aromatic nitrogens is 1. The number of nitrogens with zero attached hydrogens (tertiary/aromatic N) is 2. The van der Waals surface area contributed by atoms with E-state index in [2.05, 4.69) is 28.3 Å². The van der Waals surface area contributed by atoms with Crippen LogP contribution in [0.1, 0.15) is 30.6 Å². The van der Waals surface area contributed by atoms with Gasteiger partial charge in [0.15, 0.2) is 5.76 Å². The third kappa shape index (κ3) is 4.33. The Hall–Kier alpha value is -2.59. The lowest BCUT2D eigenvalue weighted by Crippen LogP contribution is -2.28. The molecule has 0 N–H and O–H groups in total. The topological polar surface area (TPSA) is 38.5 Å². The van der Waals surface area contributed by atoms with E-state index in [1.807, 2.05) is 42.5 Å². The van der Waals surface area contributed by atoms with Gasteiger partial charge in [0, 0.05) is 11.6 Å². The van der Waals surface area contributed by atoms with Crippen LogP contribution in [0.5, 0.6) is 5.75 Å². The van der Waals surface area contributed by atoms with E-state index in [1.54, 1.807) is 0 Å². The molecule has 26 heavy (non-hydrogen) atoms. The van der Waals surface area contributed by atoms with Gasteiger partial charge in [-0.25, -0.2) is 0 Å². The number of hydrogen-bond donors (Lipinski definition) is 0. The second-order valence-corrected chi connectivity index (χ2v) is 6.81. The smallest absolute Gasteiger partial charge is 0.151 e. The summed E-state index contributed by atoms with van der Waals surface area (Å²) in [6.07, 6.45) is 3.91. The summed E-state index contributed by atoms with van der Waals surface area (Å²) in [4.78, 5) is 2.44. The minimum Gasteiger partial charge on any atom is -0.489 e. The maximum Gasteiger partial charge on any atom is 0.151 e. The van der Waals surface area contributed by atoms with Crippen LogP contribution in [0.2, 0.25) is 0 Å². The molecule has 0 aliphatic carbocycles. The van der Waals surface area contributed by atoms with E-state index < -0.39 is 0 Å². The molecule has 2 heterocycles. The van der Waals surface area contributed by atoms with Crippen LogP contribution in [-0.4, -0.2) is 23.1 Å². The highest BCUT2D eigenvalue weighted by molar-refractivity contribution is 5.59. The zero-order valence-corrected chi connectivity index (χ0v) is 14.9. The molecule has 1 aliphatic heterocycles. The van der Waals surface area contributed by atoms with E-state index in [9.17, 15) is 0 Å². The second kappa shape index (κ2) is 8.19. The highest BCUT2D eigenvalue weighted by Gasteiger charge is 2.14. The van der Waals surface area contributed by atoms with Crippen molar-refractivity contribution in [3.63, 3.8) is 0 Å². The van der Waals surface area contributed by atoms with Gasteiger partial charge in [-0.15, -0.1) is 0 Å². The third-order valence-corrected chi connectivity index (χ3v) is 4.79. The lowest BCUT2D eigenvalue weighted by Gasteiger charge is -2.24. The Morgan fingerprint density at radius 1 is 0.923 bits per heavy atom. The van der Waals surface area contributed by atoms with Crippen molar-refractivity contribution in [3.05, 3.63) is 72.0 Å². The van der Waals surface area contributed by atoms with Crippen molar-refractivity contribution >= 4 is 0 Å². The summed E-state index contributed by atoms with van der Waals surface area (Å²) < 4.78 is 11.4. The van der Waals surface area contributed by atoms with E-state index in [1.165, 1.54) is 19.3 Å². The molecule has 0 atom stereocenters. The number of hydrogen-bond acceptors (Lipinski definition) is 4. The van der Waals surface area contributed by atoms with Crippen molar-refractivity contribution in [2.24, 2.45) is 0 Å². The molecule has 0 spiro atoms. The third-order valence-electron chi connectivity index (χ3n) is 4.79. The molecule has 1 saturated heterocycles. The first-order valence-corrected chi connectivity index (χ1v) is 9.32. The largest absolute Gasteiger partial charge is 0.489 e. The fourth-order valence-electron chi connectivity index (χ4n) is 3.32. The maximum absolute atomic E-state index is 5.84. The first-order chi connectivity index (χ1) is 12.9. The van der Waals surface area contributed by atoms with Crippen LogP contribution in [0.15, 0.2) is 65.2 Å². The van der Waals surface area contributed by atoms with Gasteiger partial charge in [0.1, 0.15) is 18.1 Å². The zero-order chi connectivity index (χ0) is 17.6. The standard InChI is InChI=1S/C22H24N2O2/c1-3-7-18(8-4-1)17-25-20-11-9-19(10-12-20)22-15-21(26-23-22)16-24-13-5-2-6-14-24/h1,3-4,7-12,15H,2,5-6,13-14,16-17H2. The molecule has 4 rings (SSSR count). The highest BCUT2D eigenvalue weighted by Crippen LogP contribution is 2.24. The summed E-state index contributed by atoms with van der Waals surface area (Å²) >= 11 is 0. The van der Waals surface area contributed by atoms with Crippen LogP contribution in [0.4, 0.5) is 0 Å². The molecule has 134 valence electrons. The molecule has 2 aromatic carbocycles. The summed E-state index contributed by atoms with van der Waals surface area (Å²) in [5.41, 5.74) is 3.09. The Bertz CT molecular complexity index is 806. The van der Waals surface area contributed by atoms with Crippen LogP contribution >= 0.6 is 0 Å². The van der Waals surface area contributed by atoms with Gasteiger partial charge in [-0.05, 0) is 55.8 Å². The number of piperidine rings is 1. The molecule has 0 radical (unpaired) electrons. The first-order valence-electron chi connectivity index (χ1n) is 9.32. The Morgan fingerprint density at radius 2 is 1.69 bits per heavy atom. The van der Waals surface area contributed by atoms with Crippen molar-refractivity contribution in [2.45, 2.75) is 32.4 Å². The molecule has 0 saturated carbocycles. The predicted octanol–water partition coefficient (Wildman–Crippen LogP) is 4.91. The Labute approximate surface area is 154 Å². The number of likely N-dealkylation sites (tertiary alicyclic amines) is 1. The molecule has 4 nitrogen and oxygen atoms in total. The SMILES string of the molecule is c1ccc(COc2ccc(-c3cc(CN4CCCCC4)on3)cc2)cc1. The van der Waals surface area contributed by atoms with Crippen molar-refractivity contribution < 1.29 is 9.26 Å². The van der Waals surface area contributed by atoms with Crippen molar-refractivity contribution in [1.82, 2.24) is 10.1 Å². The fraction of sp³-hybridized carbons (Fsp3) is 0.318. The monoisotopic (exact) mass is 348 g/mol. The lowest BCUT2D eigenvalue weighted by molar-refractivity contribution is 0.197. The normalized spacial score (nSPS) is 15.1. The number of rotatable bonds is 6. The molecule has 1 fully saturated rings. The fourth-order valence-corrected chi connectivity index (χ4v) is 3.32. The van der Waals surface area contributed by atoms with Gasteiger partial charge in [0.25, 0.3) is 0 Å². The van der Waals surface area contributed by atoms with Gasteiger partial charge >= 0.3 is 0 Å². The average Bonchev–Trinajstić information content (AvgIpc) is 3.17. The van der Waals surface area contributed by atoms with E-state index in [-0.39, 0.29) is 0 Å². The zero-order valence-electron chi connectivity index (χ0n) is 14.9. The summed E-state index contributed by atoms with van der Waals surface area (Å²) in [7, 11) is 0. The summed E-state index contributed by atoms with van der Waals surface area (Å²) in [6.45, 7) is 3.74. The summed E-state index contributed by atoms with van der Waals surface area (Å²) in [5.74, 6) is 1.79. The first kappa shape index (κ1) is 16.9. The number of ether oxygens (including phenoxy) is 1. The molecule has 0 bridgehead atoms. The minimum atomic E-state index is 0.574. The van der Waals surface area contributed by atoms with Crippen molar-refractivity contribution in [2.75, 3.05) is 13.1 Å². The molecule has 1 aliphatic rings. The molecule has 0 amide bonds. The van der Waals surface area contributed by atoms with E-state index in [0.29, 0.717) is 6.61 Å². The van der Waals surface area contributed by atoms with Crippen molar-refractivity contribution in [3.8, 4) is 17.0 Å². The highest BCUT2D eigenvalue weighted by atomic mass is 16.5. The maximum atomic E-state index is 5.84. The number of benzene rings is 2. The quantitative estimate of drug-likeness (QED) is 0.635. The van der Waals surface area contributed by atoms with Gasteiger partial charge < -0.3 is 9.26 Å². The van der Waals surface area contributed by atoms with Crippen LogP contribution in [0.3, 0.4) is 0 Å². The van der Waals surface area contributed by atoms with Gasteiger partial charge in [0.05, 0.1) is 6.54 Å². The Kier molecular flexibility index (Phi) is 5.31. The van der Waals surface area contributed by atoms with Crippen LogP contribution in [-0.2, 0) is 13.2 Å². The minimum absolute atomic E-state index is 0.574. The van der Waals surface area contributed by atoms with Crippen LogP contribution < -0.4 is 4.74 Å². The summed E-state index contributed by atoms with van der Waals surface area (Å²) in [5, 5.41) is 4.23. The molecule has 4 heteroatoms. The Balaban J connectivity index is 1.36. The van der Waals surface area contributed by atoms with Gasteiger partial charge in [-0.3, -0.25) is 4.90 Å². The molecular formula is C22H24N2O2. The molecule has 1 aromatic heterocycles. The predicted molar refractivity (Wildman–Crippen MR) is 102 cm³/mol. The van der Waals surface area contributed by atoms with E-state index in [0.717, 1.165) is 48.0 Å². The summed E-state index contributed by atoms with van der Waals surface area (Å²) in [6, 6.07) is 20.3. The second-order valence-electron chi connectivity index (χ2n) is 6.81. The van der Waals surface area contributed by atoms with Gasteiger partial charge in [0.2, 0.25) is 0 Å². The molecular weight excluding hydrogens is 324 g/mol. The van der Waals surface area contributed by atoms with Gasteiger partial charge in [-0.2, -0.15) is 0 Å². The van der Waals surface area contributed by atoms with E-state index >= 15 is 0 Å². The lowest BCUT2D eigenvalue weighted by atomic mass is 10.1. The molecule has 0 unspecified atom stereocenters. The average molecular weight is 348 g/mol. The van der Waals surface area contributed by atoms with Crippen LogP contribution in [0, 0.1) is 0 Å². The van der Waals surface area contributed by atoms with Crippen molar-refractivity contribution in [1.29, 1.82) is 0 Å². The molecule has 3 aromatic rings.